The molecule has 122 valence electrons. The van der Waals surface area contributed by atoms with Gasteiger partial charge in [-0.05, 0) is 44.5 Å². The average molecular weight is 316 g/mol. The number of esters is 1. The van der Waals surface area contributed by atoms with Gasteiger partial charge in [0.15, 0.2) is 0 Å². The fourth-order valence-corrected chi connectivity index (χ4v) is 2.34. The molecule has 4 nitrogen and oxygen atoms in total. The van der Waals surface area contributed by atoms with E-state index in [9.17, 15) is 9.18 Å². The summed E-state index contributed by atoms with van der Waals surface area (Å²) in [7, 11) is 0. The highest BCUT2D eigenvalue weighted by Gasteiger charge is 2.21. The molecule has 0 fully saturated rings. The molecule has 0 aliphatic rings. The summed E-state index contributed by atoms with van der Waals surface area (Å²) in [6.07, 6.45) is 2.75. The average Bonchev–Trinajstić information content (AvgIpc) is 2.53. The van der Waals surface area contributed by atoms with E-state index < -0.39 is 5.97 Å². The third-order valence-electron chi connectivity index (χ3n) is 3.49. The minimum absolute atomic E-state index is 0.277. The monoisotopic (exact) mass is 316 g/mol. The highest BCUT2D eigenvalue weighted by atomic mass is 19.1. The maximum absolute atomic E-state index is 13.2. The smallest absolute Gasteiger partial charge is 0.342 e. The van der Waals surface area contributed by atoms with Crippen LogP contribution in [0.2, 0.25) is 0 Å². The summed E-state index contributed by atoms with van der Waals surface area (Å²) in [5.74, 6) is -0.0912. The predicted molar refractivity (Wildman–Crippen MR) is 86.7 cm³/mol. The molecule has 1 aromatic heterocycles. The fourth-order valence-electron chi connectivity index (χ4n) is 2.34. The fraction of sp³-hybridized carbons (Fsp3) is 0.389. The van der Waals surface area contributed by atoms with Crippen molar-refractivity contribution in [2.45, 2.75) is 40.0 Å². The lowest BCUT2D eigenvalue weighted by atomic mass is 10.0. The van der Waals surface area contributed by atoms with Gasteiger partial charge in [0.1, 0.15) is 17.2 Å². The van der Waals surface area contributed by atoms with Crippen molar-refractivity contribution in [3.63, 3.8) is 0 Å². The second-order valence-electron chi connectivity index (χ2n) is 5.28. The number of carbonyl (C=O) groups is 1. The molecule has 0 unspecified atom stereocenters. The van der Waals surface area contributed by atoms with E-state index in [-0.39, 0.29) is 12.4 Å². The summed E-state index contributed by atoms with van der Waals surface area (Å²) < 4.78 is 18.3. The van der Waals surface area contributed by atoms with Crippen LogP contribution in [0.25, 0.3) is 11.3 Å². The molecular weight excluding hydrogens is 295 g/mol. The minimum atomic E-state index is -0.452. The maximum Gasteiger partial charge on any atom is 0.342 e. The van der Waals surface area contributed by atoms with Gasteiger partial charge in [-0.1, -0.05) is 13.3 Å². The molecule has 0 saturated heterocycles. The Hall–Kier alpha value is -2.30. The van der Waals surface area contributed by atoms with Crippen LogP contribution in [-0.4, -0.2) is 22.5 Å². The highest BCUT2D eigenvalue weighted by Crippen LogP contribution is 2.25. The van der Waals surface area contributed by atoms with E-state index in [1.54, 1.807) is 26.0 Å². The van der Waals surface area contributed by atoms with Crippen LogP contribution in [0, 0.1) is 12.7 Å². The second-order valence-corrected chi connectivity index (χ2v) is 5.28. The Balaban J connectivity index is 2.55. The number of nitrogens with zero attached hydrogens (tertiary/aromatic N) is 2. The van der Waals surface area contributed by atoms with Crippen molar-refractivity contribution >= 4 is 5.97 Å². The van der Waals surface area contributed by atoms with Crippen LogP contribution < -0.4 is 0 Å². The summed E-state index contributed by atoms with van der Waals surface area (Å²) in [5, 5.41) is 0. The Kier molecular flexibility index (Phi) is 5.79. The summed E-state index contributed by atoms with van der Waals surface area (Å²) in [4.78, 5) is 21.2. The van der Waals surface area contributed by atoms with Gasteiger partial charge in [0.25, 0.3) is 0 Å². The van der Waals surface area contributed by atoms with Gasteiger partial charge in [-0.25, -0.2) is 19.2 Å². The first-order valence-electron chi connectivity index (χ1n) is 7.87. The van der Waals surface area contributed by atoms with Gasteiger partial charge in [-0.2, -0.15) is 0 Å². The number of aryl methyl sites for hydroxylation is 2. The van der Waals surface area contributed by atoms with Crippen molar-refractivity contribution in [1.82, 2.24) is 9.97 Å². The molecule has 0 amide bonds. The quantitative estimate of drug-likeness (QED) is 0.753. The largest absolute Gasteiger partial charge is 0.462 e. The molecule has 0 atom stereocenters. The van der Waals surface area contributed by atoms with Crippen molar-refractivity contribution in [1.29, 1.82) is 0 Å². The Morgan fingerprint density at radius 3 is 2.48 bits per heavy atom. The standard InChI is InChI=1S/C18H21FN2O2/c1-4-6-7-15-20-12(3)16(18(22)23-5-2)17(21-15)13-8-10-14(19)11-9-13/h8-11H,4-7H2,1-3H3. The third kappa shape index (κ3) is 4.12. The SMILES string of the molecule is CCCCc1nc(C)c(C(=O)OCC)c(-c2ccc(F)cc2)n1. The lowest BCUT2D eigenvalue weighted by Gasteiger charge is -2.13. The lowest BCUT2D eigenvalue weighted by molar-refractivity contribution is 0.0525. The number of carbonyl (C=O) groups excluding carboxylic acids is 1. The molecule has 0 saturated carbocycles. The first-order chi connectivity index (χ1) is 11.1. The molecular formula is C18H21FN2O2. The molecule has 0 aliphatic heterocycles. The van der Waals surface area contributed by atoms with Crippen LogP contribution in [0.4, 0.5) is 4.39 Å². The van der Waals surface area contributed by atoms with Crippen molar-refractivity contribution in [2.75, 3.05) is 6.61 Å². The number of rotatable bonds is 6. The lowest BCUT2D eigenvalue weighted by Crippen LogP contribution is -2.13. The van der Waals surface area contributed by atoms with Crippen LogP contribution in [-0.2, 0) is 11.2 Å². The molecule has 0 bridgehead atoms. The number of benzene rings is 1. The van der Waals surface area contributed by atoms with E-state index in [2.05, 4.69) is 16.9 Å². The van der Waals surface area contributed by atoms with E-state index in [0.717, 1.165) is 19.3 Å². The van der Waals surface area contributed by atoms with E-state index in [4.69, 9.17) is 4.74 Å². The Morgan fingerprint density at radius 2 is 1.87 bits per heavy atom. The van der Waals surface area contributed by atoms with E-state index in [1.807, 2.05) is 0 Å². The van der Waals surface area contributed by atoms with Gasteiger partial charge in [-0.3, -0.25) is 0 Å². The zero-order valence-corrected chi connectivity index (χ0v) is 13.7. The molecule has 5 heteroatoms. The van der Waals surface area contributed by atoms with Gasteiger partial charge >= 0.3 is 5.97 Å². The van der Waals surface area contributed by atoms with E-state index in [1.165, 1.54) is 12.1 Å². The number of aromatic nitrogens is 2. The molecule has 1 aromatic carbocycles. The first-order valence-corrected chi connectivity index (χ1v) is 7.87. The number of hydrogen-bond donors (Lipinski definition) is 0. The Labute approximate surface area is 135 Å². The van der Waals surface area contributed by atoms with Crippen molar-refractivity contribution in [2.24, 2.45) is 0 Å². The van der Waals surface area contributed by atoms with E-state index in [0.29, 0.717) is 28.3 Å². The number of ether oxygens (including phenoxy) is 1. The topological polar surface area (TPSA) is 52.1 Å². The summed E-state index contributed by atoms with van der Waals surface area (Å²) in [6.45, 7) is 5.90. The Morgan fingerprint density at radius 1 is 1.17 bits per heavy atom. The Bertz CT molecular complexity index is 684. The molecule has 0 N–H and O–H groups in total. The minimum Gasteiger partial charge on any atom is -0.462 e. The maximum atomic E-state index is 13.2. The summed E-state index contributed by atoms with van der Waals surface area (Å²) in [6, 6.07) is 5.94. The van der Waals surface area contributed by atoms with Crippen LogP contribution in [0.5, 0.6) is 0 Å². The van der Waals surface area contributed by atoms with Crippen LogP contribution in [0.3, 0.4) is 0 Å². The zero-order valence-electron chi connectivity index (χ0n) is 13.7. The number of hydrogen-bond acceptors (Lipinski definition) is 4. The van der Waals surface area contributed by atoms with Crippen molar-refractivity contribution in [3.8, 4) is 11.3 Å². The summed E-state index contributed by atoms with van der Waals surface area (Å²) in [5.41, 5.74) is 2.11. The van der Waals surface area contributed by atoms with Gasteiger partial charge in [0.05, 0.1) is 18.0 Å². The number of unbranched alkanes of at least 4 members (excludes halogenated alkanes) is 1. The summed E-state index contributed by atoms with van der Waals surface area (Å²) >= 11 is 0. The molecule has 0 radical (unpaired) electrons. The third-order valence-corrected chi connectivity index (χ3v) is 3.49. The molecule has 0 spiro atoms. The van der Waals surface area contributed by atoms with Gasteiger partial charge in [-0.15, -0.1) is 0 Å². The second kappa shape index (κ2) is 7.81. The molecule has 1 heterocycles. The predicted octanol–water partition coefficient (Wildman–Crippen LogP) is 4.11. The molecule has 2 rings (SSSR count). The van der Waals surface area contributed by atoms with Crippen molar-refractivity contribution in [3.05, 3.63) is 47.2 Å². The number of halogens is 1. The molecule has 23 heavy (non-hydrogen) atoms. The molecule has 2 aromatic rings. The van der Waals surface area contributed by atoms with E-state index >= 15 is 0 Å². The van der Waals surface area contributed by atoms with Crippen LogP contribution in [0.15, 0.2) is 24.3 Å². The molecule has 0 aliphatic carbocycles. The van der Waals surface area contributed by atoms with Crippen molar-refractivity contribution < 1.29 is 13.9 Å². The zero-order chi connectivity index (χ0) is 16.8. The van der Waals surface area contributed by atoms with Gasteiger partial charge in [0.2, 0.25) is 0 Å². The van der Waals surface area contributed by atoms with Crippen LogP contribution in [0.1, 0.15) is 48.6 Å². The normalized spacial score (nSPS) is 10.6. The van der Waals surface area contributed by atoms with Crippen LogP contribution >= 0.6 is 0 Å². The van der Waals surface area contributed by atoms with Gasteiger partial charge < -0.3 is 4.74 Å². The first kappa shape index (κ1) is 17.1. The van der Waals surface area contributed by atoms with Gasteiger partial charge in [0, 0.05) is 12.0 Å². The highest BCUT2D eigenvalue weighted by molar-refractivity contribution is 5.97.